The van der Waals surface area contributed by atoms with Crippen molar-refractivity contribution in [3.05, 3.63) is 55.9 Å². The van der Waals surface area contributed by atoms with Crippen molar-refractivity contribution in [3.8, 4) is 5.75 Å². The number of aryl methyl sites for hydroxylation is 2. The van der Waals surface area contributed by atoms with E-state index in [-0.39, 0.29) is 5.56 Å². The summed E-state index contributed by atoms with van der Waals surface area (Å²) in [5.74, 6) is 0.984. The summed E-state index contributed by atoms with van der Waals surface area (Å²) in [7, 11) is 0. The molecule has 0 atom stereocenters. The Labute approximate surface area is 131 Å². The monoisotopic (exact) mass is 348 g/mol. The Morgan fingerprint density at radius 3 is 3.05 bits per heavy atom. The van der Waals surface area contributed by atoms with E-state index in [0.717, 1.165) is 30.8 Å². The highest BCUT2D eigenvalue weighted by molar-refractivity contribution is 9.10. The first-order valence-corrected chi connectivity index (χ1v) is 7.75. The van der Waals surface area contributed by atoms with Crippen molar-refractivity contribution in [3.63, 3.8) is 0 Å². The van der Waals surface area contributed by atoms with Crippen LogP contribution in [-0.4, -0.2) is 11.2 Å². The Kier molecular flexibility index (Phi) is 3.76. The first-order chi connectivity index (χ1) is 10.1. The Bertz CT molecular complexity index is 753. The van der Waals surface area contributed by atoms with E-state index in [1.807, 2.05) is 13.0 Å². The van der Waals surface area contributed by atoms with Crippen molar-refractivity contribution < 1.29 is 4.74 Å². The number of hydrogen-bond donors (Lipinski definition) is 1. The molecule has 0 spiro atoms. The summed E-state index contributed by atoms with van der Waals surface area (Å²) in [6.45, 7) is 3.22. The predicted octanol–water partition coefficient (Wildman–Crippen LogP) is 2.68. The molecule has 0 fully saturated rings. The molecule has 4 nitrogen and oxygen atoms in total. The number of pyridine rings is 1. The zero-order valence-electron chi connectivity index (χ0n) is 11.9. The molecule has 1 aliphatic heterocycles. The van der Waals surface area contributed by atoms with Gasteiger partial charge in [0.15, 0.2) is 0 Å². The van der Waals surface area contributed by atoms with Gasteiger partial charge in [-0.1, -0.05) is 12.1 Å². The van der Waals surface area contributed by atoms with Gasteiger partial charge in [-0.15, -0.1) is 0 Å². The minimum atomic E-state index is -0.0359. The van der Waals surface area contributed by atoms with Gasteiger partial charge in [-0.3, -0.25) is 4.79 Å². The third kappa shape index (κ3) is 2.70. The normalized spacial score (nSPS) is 13.0. The number of anilines is 1. The van der Waals surface area contributed by atoms with Crippen LogP contribution in [0.2, 0.25) is 0 Å². The highest BCUT2D eigenvalue weighted by atomic mass is 79.9. The topological polar surface area (TPSA) is 57.2 Å². The molecule has 5 heteroatoms. The molecule has 2 heterocycles. The van der Waals surface area contributed by atoms with E-state index in [1.54, 1.807) is 10.8 Å². The Morgan fingerprint density at radius 1 is 1.43 bits per heavy atom. The van der Waals surface area contributed by atoms with E-state index >= 15 is 0 Å². The Morgan fingerprint density at radius 2 is 2.24 bits per heavy atom. The fraction of sp³-hybridized carbons (Fsp3) is 0.312. The van der Waals surface area contributed by atoms with Crippen molar-refractivity contribution in [2.45, 2.75) is 26.3 Å². The lowest BCUT2D eigenvalue weighted by molar-refractivity contribution is 0.357. The fourth-order valence-corrected chi connectivity index (χ4v) is 3.00. The maximum absolute atomic E-state index is 12.2. The molecule has 0 radical (unpaired) electrons. The van der Waals surface area contributed by atoms with Gasteiger partial charge >= 0.3 is 0 Å². The summed E-state index contributed by atoms with van der Waals surface area (Å²) in [5, 5.41) is 0. The largest absolute Gasteiger partial charge is 0.493 e. The van der Waals surface area contributed by atoms with Gasteiger partial charge in [-0.05, 0) is 52.0 Å². The SMILES string of the molecule is Cc1c(N)cn(CCc2ccc3c(c2)CCO3)c(=O)c1Br. The van der Waals surface area contributed by atoms with E-state index in [1.165, 1.54) is 11.1 Å². The first-order valence-electron chi connectivity index (χ1n) is 6.96. The number of nitrogens with two attached hydrogens (primary N) is 1. The predicted molar refractivity (Wildman–Crippen MR) is 86.9 cm³/mol. The highest BCUT2D eigenvalue weighted by Crippen LogP contribution is 2.26. The van der Waals surface area contributed by atoms with Crippen molar-refractivity contribution >= 4 is 21.6 Å². The third-order valence-corrected chi connectivity index (χ3v) is 4.83. The van der Waals surface area contributed by atoms with Crippen LogP contribution in [0, 0.1) is 6.92 Å². The maximum Gasteiger partial charge on any atom is 0.265 e. The number of nitrogen functional groups attached to an aromatic ring is 1. The number of fused-ring (bicyclic) bond motifs is 1. The van der Waals surface area contributed by atoms with E-state index in [2.05, 4.69) is 28.1 Å². The zero-order chi connectivity index (χ0) is 15.0. The number of aromatic nitrogens is 1. The van der Waals surface area contributed by atoms with Crippen molar-refractivity contribution in [2.75, 3.05) is 12.3 Å². The van der Waals surface area contributed by atoms with Gasteiger partial charge < -0.3 is 15.0 Å². The lowest BCUT2D eigenvalue weighted by atomic mass is 10.1. The summed E-state index contributed by atoms with van der Waals surface area (Å²) in [4.78, 5) is 12.2. The summed E-state index contributed by atoms with van der Waals surface area (Å²) in [6.07, 6.45) is 3.48. The molecule has 1 aliphatic rings. The molecule has 0 aliphatic carbocycles. The molecule has 1 aromatic carbocycles. The Balaban J connectivity index is 1.81. The van der Waals surface area contributed by atoms with Crippen LogP contribution in [0.15, 0.2) is 33.7 Å². The standard InChI is InChI=1S/C16H17BrN2O2/c1-10-13(18)9-19(16(20)15(10)17)6-4-11-2-3-14-12(8-11)5-7-21-14/h2-3,8-9H,4-7,18H2,1H3. The van der Waals surface area contributed by atoms with E-state index in [4.69, 9.17) is 10.5 Å². The molecule has 0 amide bonds. The van der Waals surface area contributed by atoms with Crippen LogP contribution in [0.3, 0.4) is 0 Å². The third-order valence-electron chi connectivity index (χ3n) is 3.90. The molecular weight excluding hydrogens is 332 g/mol. The highest BCUT2D eigenvalue weighted by Gasteiger charge is 2.12. The fourth-order valence-electron chi connectivity index (χ4n) is 2.55. The van der Waals surface area contributed by atoms with Crippen LogP contribution < -0.4 is 16.0 Å². The molecule has 3 rings (SSSR count). The second-order valence-electron chi connectivity index (χ2n) is 5.31. The minimum Gasteiger partial charge on any atom is -0.493 e. The maximum atomic E-state index is 12.2. The zero-order valence-corrected chi connectivity index (χ0v) is 13.4. The average molecular weight is 349 g/mol. The lowest BCUT2D eigenvalue weighted by Gasteiger charge is -2.11. The number of ether oxygens (including phenoxy) is 1. The molecule has 21 heavy (non-hydrogen) atoms. The smallest absolute Gasteiger partial charge is 0.265 e. The lowest BCUT2D eigenvalue weighted by Crippen LogP contribution is -2.23. The number of hydrogen-bond acceptors (Lipinski definition) is 3. The molecule has 110 valence electrons. The summed E-state index contributed by atoms with van der Waals surface area (Å²) in [6, 6.07) is 6.24. The number of halogens is 1. The van der Waals surface area contributed by atoms with E-state index in [9.17, 15) is 4.79 Å². The van der Waals surface area contributed by atoms with Crippen molar-refractivity contribution in [1.29, 1.82) is 0 Å². The molecule has 2 aromatic rings. The van der Waals surface area contributed by atoms with Gasteiger partial charge in [-0.25, -0.2) is 0 Å². The van der Waals surface area contributed by atoms with E-state index in [0.29, 0.717) is 16.7 Å². The van der Waals surface area contributed by atoms with Crippen LogP contribution in [0.4, 0.5) is 5.69 Å². The van der Waals surface area contributed by atoms with Gasteiger partial charge in [0.2, 0.25) is 0 Å². The van der Waals surface area contributed by atoms with Crippen LogP contribution in [0.1, 0.15) is 16.7 Å². The summed E-state index contributed by atoms with van der Waals surface area (Å²) in [5.41, 5.74) is 9.78. The van der Waals surface area contributed by atoms with Crippen molar-refractivity contribution in [2.24, 2.45) is 0 Å². The Hall–Kier alpha value is -1.75. The summed E-state index contributed by atoms with van der Waals surface area (Å²) < 4.78 is 7.71. The van der Waals surface area contributed by atoms with Gasteiger partial charge in [-0.2, -0.15) is 0 Å². The number of nitrogens with zero attached hydrogens (tertiary/aromatic N) is 1. The van der Waals surface area contributed by atoms with Gasteiger partial charge in [0.05, 0.1) is 16.8 Å². The van der Waals surface area contributed by atoms with Gasteiger partial charge in [0.25, 0.3) is 5.56 Å². The van der Waals surface area contributed by atoms with Crippen LogP contribution >= 0.6 is 15.9 Å². The molecule has 0 unspecified atom stereocenters. The van der Waals surface area contributed by atoms with Crippen molar-refractivity contribution in [1.82, 2.24) is 4.57 Å². The molecular formula is C16H17BrN2O2. The van der Waals surface area contributed by atoms with E-state index < -0.39 is 0 Å². The summed E-state index contributed by atoms with van der Waals surface area (Å²) >= 11 is 3.32. The molecule has 0 saturated heterocycles. The first kappa shape index (κ1) is 14.2. The number of rotatable bonds is 3. The quantitative estimate of drug-likeness (QED) is 0.927. The van der Waals surface area contributed by atoms with Gasteiger partial charge in [0.1, 0.15) is 5.75 Å². The molecule has 2 N–H and O–H groups in total. The number of benzene rings is 1. The minimum absolute atomic E-state index is 0.0359. The second kappa shape index (κ2) is 5.56. The van der Waals surface area contributed by atoms with Gasteiger partial charge in [0, 0.05) is 19.2 Å². The molecule has 1 aromatic heterocycles. The van der Waals surface area contributed by atoms with Crippen LogP contribution in [0.5, 0.6) is 5.75 Å². The molecule has 0 bridgehead atoms. The second-order valence-corrected chi connectivity index (χ2v) is 6.11. The van der Waals surface area contributed by atoms with Crippen LogP contribution in [-0.2, 0) is 19.4 Å². The average Bonchev–Trinajstić information content (AvgIpc) is 2.95. The molecule has 0 saturated carbocycles. The van der Waals surface area contributed by atoms with Crippen LogP contribution in [0.25, 0.3) is 0 Å².